The molecule has 28 heavy (non-hydrogen) atoms. The second-order valence-corrected chi connectivity index (χ2v) is 8.33. The van der Waals surface area contributed by atoms with Crippen LogP contribution in [0.15, 0.2) is 29.2 Å². The number of methoxy groups -OCH3 is 1. The van der Waals surface area contributed by atoms with E-state index < -0.39 is 28.6 Å². The Bertz CT molecular complexity index is 772. The summed E-state index contributed by atoms with van der Waals surface area (Å²) in [6.07, 6.45) is 0. The molecule has 9 nitrogen and oxygen atoms in total. The van der Waals surface area contributed by atoms with E-state index in [1.165, 1.54) is 31.4 Å². The van der Waals surface area contributed by atoms with Gasteiger partial charge in [0, 0.05) is 13.1 Å². The van der Waals surface area contributed by atoms with Crippen LogP contribution in [0.2, 0.25) is 0 Å². The average Bonchev–Trinajstić information content (AvgIpc) is 2.70. The molecule has 1 aliphatic rings. The van der Waals surface area contributed by atoms with Crippen molar-refractivity contribution in [2.45, 2.75) is 24.8 Å². The predicted octanol–water partition coefficient (Wildman–Crippen LogP) is 0.400. The molecule has 1 amide bonds. The number of morpholine rings is 1. The number of rotatable bonds is 8. The van der Waals surface area contributed by atoms with Crippen molar-refractivity contribution >= 4 is 21.9 Å². The minimum atomic E-state index is -3.95. The summed E-state index contributed by atoms with van der Waals surface area (Å²) in [7, 11) is -2.47. The van der Waals surface area contributed by atoms with Crippen LogP contribution in [0.1, 0.15) is 13.8 Å². The second kappa shape index (κ2) is 9.85. The topological polar surface area (TPSA) is 111 Å². The molecule has 1 fully saturated rings. The molecule has 0 bridgehead atoms. The highest BCUT2D eigenvalue weighted by atomic mass is 32.2. The lowest BCUT2D eigenvalue weighted by molar-refractivity contribution is -0.155. The highest BCUT2D eigenvalue weighted by molar-refractivity contribution is 7.89. The molecule has 1 aromatic carbocycles. The first-order valence-electron chi connectivity index (χ1n) is 8.93. The first kappa shape index (κ1) is 22.1. The number of hydrogen-bond donors (Lipinski definition) is 1. The van der Waals surface area contributed by atoms with Gasteiger partial charge in [0.2, 0.25) is 10.0 Å². The van der Waals surface area contributed by atoms with Gasteiger partial charge in [0.1, 0.15) is 11.8 Å². The van der Waals surface area contributed by atoms with Gasteiger partial charge in [0.05, 0.1) is 25.2 Å². The van der Waals surface area contributed by atoms with Crippen LogP contribution in [0.4, 0.5) is 0 Å². The number of nitrogens with one attached hydrogen (secondary N) is 1. The first-order valence-corrected chi connectivity index (χ1v) is 10.4. The van der Waals surface area contributed by atoms with Gasteiger partial charge in [0.15, 0.2) is 6.61 Å². The lowest BCUT2D eigenvalue weighted by Crippen LogP contribution is -2.47. The lowest BCUT2D eigenvalue weighted by Gasteiger charge is -2.27. The van der Waals surface area contributed by atoms with Crippen molar-refractivity contribution in [1.82, 2.24) is 9.62 Å². The van der Waals surface area contributed by atoms with Crippen molar-refractivity contribution in [3.05, 3.63) is 24.3 Å². The van der Waals surface area contributed by atoms with Crippen molar-refractivity contribution in [1.29, 1.82) is 0 Å². The fourth-order valence-electron chi connectivity index (χ4n) is 2.57. The Morgan fingerprint density at radius 1 is 1.18 bits per heavy atom. The number of benzene rings is 1. The van der Waals surface area contributed by atoms with E-state index in [4.69, 9.17) is 14.2 Å². The van der Waals surface area contributed by atoms with Gasteiger partial charge in [-0.25, -0.2) is 8.42 Å². The maximum Gasteiger partial charge on any atom is 0.324 e. The monoisotopic (exact) mass is 414 g/mol. The number of carbonyl (C=O) groups is 2. The molecule has 0 radical (unpaired) electrons. The van der Waals surface area contributed by atoms with Crippen LogP contribution < -0.4 is 9.46 Å². The molecule has 1 atom stereocenters. The van der Waals surface area contributed by atoms with E-state index >= 15 is 0 Å². The molecular formula is C18H26N2O7S. The van der Waals surface area contributed by atoms with E-state index in [0.29, 0.717) is 32.1 Å². The fourth-order valence-corrected chi connectivity index (χ4v) is 3.91. The van der Waals surface area contributed by atoms with Crippen LogP contribution in [0.3, 0.4) is 0 Å². The van der Waals surface area contributed by atoms with Gasteiger partial charge in [-0.1, -0.05) is 13.8 Å². The molecule has 1 aromatic rings. The van der Waals surface area contributed by atoms with Crippen LogP contribution in [-0.4, -0.2) is 71.3 Å². The third kappa shape index (κ3) is 5.91. The van der Waals surface area contributed by atoms with Gasteiger partial charge in [0.25, 0.3) is 5.91 Å². The molecule has 1 N–H and O–H groups in total. The molecule has 1 heterocycles. The third-order valence-corrected chi connectivity index (χ3v) is 5.73. The van der Waals surface area contributed by atoms with Crippen molar-refractivity contribution in [3.63, 3.8) is 0 Å². The molecule has 0 saturated carbocycles. The van der Waals surface area contributed by atoms with Gasteiger partial charge in [-0.05, 0) is 30.2 Å². The molecule has 0 aromatic heterocycles. The number of sulfonamides is 1. The third-order valence-electron chi connectivity index (χ3n) is 4.27. The SMILES string of the molecule is COc1ccc(S(=O)(=O)N[C@H](C(=O)OCC(=O)N2CCOCC2)C(C)C)cc1. The van der Waals surface area contributed by atoms with Crippen LogP contribution in [0.25, 0.3) is 0 Å². The van der Waals surface area contributed by atoms with E-state index in [9.17, 15) is 18.0 Å². The van der Waals surface area contributed by atoms with Gasteiger partial charge < -0.3 is 19.1 Å². The molecule has 0 unspecified atom stereocenters. The Balaban J connectivity index is 2.00. The summed E-state index contributed by atoms with van der Waals surface area (Å²) >= 11 is 0. The second-order valence-electron chi connectivity index (χ2n) is 6.62. The minimum Gasteiger partial charge on any atom is -0.497 e. The summed E-state index contributed by atoms with van der Waals surface area (Å²) in [4.78, 5) is 26.1. The summed E-state index contributed by atoms with van der Waals surface area (Å²) in [6, 6.07) is 4.67. The molecule has 10 heteroatoms. The summed E-state index contributed by atoms with van der Waals surface area (Å²) in [5.41, 5.74) is 0. The number of carbonyl (C=O) groups excluding carboxylic acids is 2. The number of hydrogen-bond acceptors (Lipinski definition) is 7. The quantitative estimate of drug-likeness (QED) is 0.613. The van der Waals surface area contributed by atoms with E-state index in [1.54, 1.807) is 18.7 Å². The Hall–Kier alpha value is -2.17. The Kier molecular flexibility index (Phi) is 7.78. The molecule has 1 saturated heterocycles. The Morgan fingerprint density at radius 2 is 1.79 bits per heavy atom. The van der Waals surface area contributed by atoms with Crippen molar-refractivity contribution < 1.29 is 32.2 Å². The minimum absolute atomic E-state index is 0.00357. The van der Waals surface area contributed by atoms with Crippen LogP contribution in [0, 0.1) is 5.92 Å². The molecule has 0 spiro atoms. The lowest BCUT2D eigenvalue weighted by atomic mass is 10.1. The first-order chi connectivity index (χ1) is 13.2. The Labute approximate surface area is 165 Å². The molecule has 156 valence electrons. The van der Waals surface area contributed by atoms with Gasteiger partial charge in [-0.15, -0.1) is 0 Å². The highest BCUT2D eigenvalue weighted by Gasteiger charge is 2.30. The zero-order chi connectivity index (χ0) is 20.7. The van der Waals surface area contributed by atoms with Crippen molar-refractivity contribution in [3.8, 4) is 5.75 Å². The average molecular weight is 414 g/mol. The van der Waals surface area contributed by atoms with Gasteiger partial charge in [-0.2, -0.15) is 4.72 Å². The van der Waals surface area contributed by atoms with E-state index in [1.807, 2.05) is 0 Å². The van der Waals surface area contributed by atoms with Gasteiger partial charge >= 0.3 is 5.97 Å². The number of ether oxygens (including phenoxy) is 3. The molecule has 0 aliphatic carbocycles. The van der Waals surface area contributed by atoms with E-state index in [0.717, 1.165) is 0 Å². The zero-order valence-corrected chi connectivity index (χ0v) is 17.0. The fraction of sp³-hybridized carbons (Fsp3) is 0.556. The van der Waals surface area contributed by atoms with Crippen molar-refractivity contribution in [2.24, 2.45) is 5.92 Å². The summed E-state index contributed by atoms with van der Waals surface area (Å²) in [6.45, 7) is 4.69. The standard InChI is InChI=1S/C18H26N2O7S/c1-13(2)17(18(22)27-12-16(21)20-8-10-26-11-9-20)19-28(23,24)15-6-4-14(25-3)5-7-15/h4-7,13,17,19H,8-12H2,1-3H3/t17-/m0/s1. The largest absolute Gasteiger partial charge is 0.497 e. The maximum atomic E-state index is 12.6. The number of amides is 1. The number of esters is 1. The maximum absolute atomic E-state index is 12.6. The van der Waals surface area contributed by atoms with Crippen LogP contribution in [0.5, 0.6) is 5.75 Å². The van der Waals surface area contributed by atoms with Crippen molar-refractivity contribution in [2.75, 3.05) is 40.0 Å². The Morgan fingerprint density at radius 3 is 2.32 bits per heavy atom. The van der Waals surface area contributed by atoms with Gasteiger partial charge in [-0.3, -0.25) is 9.59 Å². The van der Waals surface area contributed by atoms with Crippen LogP contribution >= 0.6 is 0 Å². The smallest absolute Gasteiger partial charge is 0.324 e. The highest BCUT2D eigenvalue weighted by Crippen LogP contribution is 2.17. The predicted molar refractivity (Wildman–Crippen MR) is 100 cm³/mol. The molecule has 1 aliphatic heterocycles. The number of nitrogens with zero attached hydrogens (tertiary/aromatic N) is 1. The molecular weight excluding hydrogens is 388 g/mol. The zero-order valence-electron chi connectivity index (χ0n) is 16.2. The van der Waals surface area contributed by atoms with Crippen LogP contribution in [-0.2, 0) is 29.1 Å². The summed E-state index contributed by atoms with van der Waals surface area (Å²) in [5.74, 6) is -0.995. The summed E-state index contributed by atoms with van der Waals surface area (Å²) < 4.78 is 42.8. The molecule has 2 rings (SSSR count). The normalized spacial score (nSPS) is 15.9. The summed E-state index contributed by atoms with van der Waals surface area (Å²) in [5, 5.41) is 0. The van der Waals surface area contributed by atoms with E-state index in [2.05, 4.69) is 4.72 Å². The van der Waals surface area contributed by atoms with E-state index in [-0.39, 0.29) is 16.7 Å².